The molecule has 0 aromatic carbocycles. The number of unbranched alkanes of at least 4 members (excludes halogenated alkanes) is 22. The number of nitrogens with two attached hydrogens (primary N) is 1. The number of carbonyl (C=O) groups is 2. The first kappa shape index (κ1) is 44.7. The van der Waals surface area contributed by atoms with Crippen LogP contribution in [0.15, 0.2) is 24.3 Å². The van der Waals surface area contributed by atoms with Crippen LogP contribution in [0.5, 0.6) is 0 Å². The molecule has 46 heavy (non-hydrogen) atoms. The monoisotopic (exact) mass is 647 g/mol. The van der Waals surface area contributed by atoms with Crippen LogP contribution in [-0.2, 0) is 9.59 Å². The molecular weight excluding hydrogens is 568 g/mol. The summed E-state index contributed by atoms with van der Waals surface area (Å²) in [6.45, 7) is 5.09. The number of hydrogen-bond acceptors (Lipinski definition) is 5. The molecule has 0 aliphatic heterocycles. The molecule has 0 saturated carbocycles. The molecule has 0 heterocycles. The van der Waals surface area contributed by atoms with Crippen molar-refractivity contribution in [2.45, 2.75) is 199 Å². The second-order valence-corrected chi connectivity index (χ2v) is 13.9. The van der Waals surface area contributed by atoms with Gasteiger partial charge < -0.3 is 15.7 Å². The molecule has 3 N–H and O–H groups in total. The summed E-state index contributed by atoms with van der Waals surface area (Å²) in [6, 6.07) is 0. The predicted molar refractivity (Wildman–Crippen MR) is 200 cm³/mol. The van der Waals surface area contributed by atoms with Crippen LogP contribution in [0.25, 0.3) is 0 Å². The quantitative estimate of drug-likeness (QED) is 0.0402. The Hall–Kier alpha value is -1.30. The normalized spacial score (nSPS) is 13.3. The molecule has 0 saturated heterocycles. The third-order valence-electron chi connectivity index (χ3n) is 9.33. The van der Waals surface area contributed by atoms with Gasteiger partial charge in [0.15, 0.2) is 11.6 Å². The first-order chi connectivity index (χ1) is 22.4. The van der Waals surface area contributed by atoms with Gasteiger partial charge in [-0.2, -0.15) is 0 Å². The summed E-state index contributed by atoms with van der Waals surface area (Å²) < 4.78 is 0. The molecule has 0 atom stereocenters. The molecule has 0 radical (unpaired) electrons. The van der Waals surface area contributed by atoms with E-state index in [1.165, 1.54) is 116 Å². The number of carbonyl (C=O) groups excluding carboxylic acids is 2. The molecule has 0 aliphatic rings. The Bertz CT molecular complexity index is 696. The topological polar surface area (TPSA) is 83.6 Å². The zero-order valence-corrected chi connectivity index (χ0v) is 31.0. The molecule has 0 aliphatic carbocycles. The number of ketones is 2. The van der Waals surface area contributed by atoms with E-state index >= 15 is 0 Å². The fraction of sp³-hybridized carbons (Fsp3) is 0.854. The van der Waals surface area contributed by atoms with Gasteiger partial charge in [-0.15, -0.1) is 0 Å². The van der Waals surface area contributed by atoms with Crippen molar-refractivity contribution in [3.63, 3.8) is 0 Å². The van der Waals surface area contributed by atoms with Crippen LogP contribution in [0, 0.1) is 0 Å². The number of rotatable bonds is 36. The predicted octanol–water partition coefficient (Wildman–Crippen LogP) is 10.8. The van der Waals surface area contributed by atoms with Crippen molar-refractivity contribution in [2.24, 2.45) is 5.73 Å². The Morgan fingerprint density at radius 2 is 0.848 bits per heavy atom. The Morgan fingerprint density at radius 3 is 1.17 bits per heavy atom. The third-order valence-corrected chi connectivity index (χ3v) is 9.33. The van der Waals surface area contributed by atoms with Gasteiger partial charge in [-0.1, -0.05) is 141 Å². The zero-order chi connectivity index (χ0) is 34.0. The zero-order valence-electron chi connectivity index (χ0n) is 31.0. The van der Waals surface area contributed by atoms with Crippen molar-refractivity contribution in [1.82, 2.24) is 4.90 Å². The summed E-state index contributed by atoms with van der Waals surface area (Å²) in [5.41, 5.74) is 5.13. The van der Waals surface area contributed by atoms with Gasteiger partial charge in [-0.25, -0.2) is 0 Å². The van der Waals surface area contributed by atoms with Gasteiger partial charge in [-0.3, -0.25) is 9.59 Å². The fourth-order valence-electron chi connectivity index (χ4n) is 6.17. The molecule has 0 amide bonds. The number of likely N-dealkylation sites (N-methyl/N-ethyl adjacent to an activating group) is 1. The third kappa shape index (κ3) is 26.7. The lowest BCUT2D eigenvalue weighted by Crippen LogP contribution is -2.61. The second-order valence-electron chi connectivity index (χ2n) is 13.9. The van der Waals surface area contributed by atoms with Crippen LogP contribution < -0.4 is 5.73 Å². The van der Waals surface area contributed by atoms with E-state index in [1.807, 2.05) is 11.9 Å². The Balaban J connectivity index is 4.19. The first-order valence-corrected chi connectivity index (χ1v) is 19.9. The highest BCUT2D eigenvalue weighted by atomic mass is 16.3. The van der Waals surface area contributed by atoms with Crippen LogP contribution in [0.4, 0.5) is 0 Å². The Labute approximate surface area is 286 Å². The van der Waals surface area contributed by atoms with E-state index in [1.54, 1.807) is 0 Å². The van der Waals surface area contributed by atoms with E-state index in [4.69, 9.17) is 5.73 Å². The lowest BCUT2D eigenvalue weighted by Gasteiger charge is -2.31. The maximum atomic E-state index is 13.3. The highest BCUT2D eigenvalue weighted by Gasteiger charge is 2.40. The number of allylic oxidation sites excluding steroid dienone is 4. The Morgan fingerprint density at radius 1 is 0.543 bits per heavy atom. The molecule has 0 unspecified atom stereocenters. The minimum absolute atomic E-state index is 0.0164. The van der Waals surface area contributed by atoms with Crippen LogP contribution in [0.1, 0.15) is 194 Å². The summed E-state index contributed by atoms with van der Waals surface area (Å²) in [5.74, 6) is -0.264. The van der Waals surface area contributed by atoms with Crippen LogP contribution in [0.3, 0.4) is 0 Å². The van der Waals surface area contributed by atoms with Crippen molar-refractivity contribution in [1.29, 1.82) is 0 Å². The minimum Gasteiger partial charge on any atom is -0.395 e. The highest BCUT2D eigenvalue weighted by molar-refractivity contribution is 6.11. The van der Waals surface area contributed by atoms with Crippen LogP contribution in [0.2, 0.25) is 0 Å². The number of hydrogen-bond donors (Lipinski definition) is 2. The van der Waals surface area contributed by atoms with Gasteiger partial charge >= 0.3 is 0 Å². The van der Waals surface area contributed by atoms with E-state index in [-0.39, 0.29) is 24.7 Å². The largest absolute Gasteiger partial charge is 0.395 e. The average molecular weight is 647 g/mol. The molecule has 0 rings (SSSR count). The Kier molecular flexibility index (Phi) is 32.6. The maximum absolute atomic E-state index is 13.3. The SMILES string of the molecule is CCCCCCCCC=CCCCCCCCC(=O)C(N)(CN(C)CCO)C(=O)CCCCCCCC=CCCCCCCCC. The molecule has 270 valence electrons. The summed E-state index contributed by atoms with van der Waals surface area (Å²) in [5, 5.41) is 9.35. The van der Waals surface area contributed by atoms with Crippen LogP contribution >= 0.6 is 0 Å². The van der Waals surface area contributed by atoms with Crippen molar-refractivity contribution < 1.29 is 14.7 Å². The summed E-state index contributed by atoms with van der Waals surface area (Å²) in [7, 11) is 1.82. The van der Waals surface area contributed by atoms with Crippen molar-refractivity contribution in [2.75, 3.05) is 26.7 Å². The molecule has 0 aromatic heterocycles. The molecule has 0 aromatic rings. The first-order valence-electron chi connectivity index (χ1n) is 19.9. The molecule has 0 spiro atoms. The number of nitrogens with zero attached hydrogens (tertiary/aromatic N) is 1. The van der Waals surface area contributed by atoms with Gasteiger partial charge in [0.05, 0.1) is 6.61 Å². The number of Topliss-reactive ketones (excluding diaryl/α,β-unsaturated/α-hetero) is 2. The van der Waals surface area contributed by atoms with Gasteiger partial charge in [0.25, 0.3) is 0 Å². The van der Waals surface area contributed by atoms with Gasteiger partial charge in [0.1, 0.15) is 5.54 Å². The van der Waals surface area contributed by atoms with Crippen LogP contribution in [-0.4, -0.2) is 53.9 Å². The standard InChI is InChI=1S/C41H78N2O3/c1-4-6-8-10-12-14-16-18-20-22-24-26-28-30-32-34-39(45)41(42,38-43(3)36-37-44)40(46)35-33-31-29-27-25-23-21-19-17-15-13-11-9-7-5-2/h18-21,44H,4-17,22-38,42H2,1-3H3. The van der Waals surface area contributed by atoms with E-state index in [0.29, 0.717) is 19.4 Å². The molecule has 0 bridgehead atoms. The molecule has 0 fully saturated rings. The number of aliphatic hydroxyl groups is 1. The van der Waals surface area contributed by atoms with Gasteiger partial charge in [0.2, 0.25) is 0 Å². The van der Waals surface area contributed by atoms with E-state index in [2.05, 4.69) is 38.2 Å². The molecule has 5 heteroatoms. The van der Waals surface area contributed by atoms with E-state index in [9.17, 15) is 14.7 Å². The van der Waals surface area contributed by atoms with Gasteiger partial charge in [-0.05, 0) is 71.3 Å². The fourth-order valence-corrected chi connectivity index (χ4v) is 6.17. The van der Waals surface area contributed by atoms with E-state index in [0.717, 1.165) is 51.4 Å². The smallest absolute Gasteiger partial charge is 0.161 e. The van der Waals surface area contributed by atoms with Crippen molar-refractivity contribution in [3.8, 4) is 0 Å². The lowest BCUT2D eigenvalue weighted by molar-refractivity contribution is -0.135. The maximum Gasteiger partial charge on any atom is 0.161 e. The summed E-state index contributed by atoms with van der Waals surface area (Å²) in [6.07, 6.45) is 41.5. The highest BCUT2D eigenvalue weighted by Crippen LogP contribution is 2.18. The summed E-state index contributed by atoms with van der Waals surface area (Å²) >= 11 is 0. The average Bonchev–Trinajstić information content (AvgIpc) is 3.04. The lowest BCUT2D eigenvalue weighted by atomic mass is 9.84. The van der Waals surface area contributed by atoms with Gasteiger partial charge in [0, 0.05) is 25.9 Å². The number of aliphatic hydroxyl groups excluding tert-OH is 1. The minimum atomic E-state index is -1.47. The second kappa shape index (κ2) is 33.6. The van der Waals surface area contributed by atoms with Crippen molar-refractivity contribution >= 4 is 11.6 Å². The molecule has 5 nitrogen and oxygen atoms in total. The van der Waals surface area contributed by atoms with Crippen molar-refractivity contribution in [3.05, 3.63) is 24.3 Å². The van der Waals surface area contributed by atoms with E-state index < -0.39 is 5.54 Å². The molecular formula is C41H78N2O3. The summed E-state index contributed by atoms with van der Waals surface area (Å²) in [4.78, 5) is 28.4.